The number of nitrogens with one attached hydrogen (secondary N) is 2. The first-order valence-corrected chi connectivity index (χ1v) is 11.9. The van der Waals surface area contributed by atoms with Crippen molar-refractivity contribution in [1.82, 2.24) is 20.4 Å². The lowest BCUT2D eigenvalue weighted by Gasteiger charge is -2.33. The molecule has 13 heteroatoms. The second-order valence-corrected chi connectivity index (χ2v) is 10.0. The second-order valence-electron chi connectivity index (χ2n) is 7.93. The molecule has 3 heterocycles. The van der Waals surface area contributed by atoms with Crippen LogP contribution in [0.3, 0.4) is 0 Å². The van der Waals surface area contributed by atoms with E-state index in [4.69, 9.17) is 10.3 Å². The molecule has 2 aromatic heterocycles. The summed E-state index contributed by atoms with van der Waals surface area (Å²) in [6.07, 6.45) is -0.496. The summed E-state index contributed by atoms with van der Waals surface area (Å²) in [4.78, 5) is 6.38. The number of likely N-dealkylation sites (N-methyl/N-ethyl adjacent to an activating group) is 1. The van der Waals surface area contributed by atoms with Gasteiger partial charge in [0, 0.05) is 29.9 Å². The number of hydrogen-bond donors (Lipinski definition) is 3. The van der Waals surface area contributed by atoms with Crippen LogP contribution in [0.5, 0.6) is 0 Å². The molecule has 0 bridgehead atoms. The summed E-state index contributed by atoms with van der Waals surface area (Å²) in [6, 6.07) is 4.01. The Labute approximate surface area is 196 Å². The van der Waals surface area contributed by atoms with E-state index in [0.29, 0.717) is 35.3 Å². The van der Waals surface area contributed by atoms with E-state index >= 15 is 0 Å². The Morgan fingerprint density at radius 2 is 2.18 bits per heavy atom. The minimum Gasteiger partial charge on any atom is -0.378 e. The number of nitrogens with two attached hydrogens (primary N) is 1. The maximum Gasteiger partial charge on any atom is 0.446 e. The largest absolute Gasteiger partial charge is 0.446 e. The number of anilines is 1. The van der Waals surface area contributed by atoms with Gasteiger partial charge in [0.05, 0.1) is 27.3 Å². The van der Waals surface area contributed by atoms with Crippen LogP contribution in [-0.2, 0) is 0 Å². The first-order chi connectivity index (χ1) is 15.7. The van der Waals surface area contributed by atoms with Crippen molar-refractivity contribution in [2.75, 3.05) is 39.0 Å². The number of hydrogen-bond acceptors (Lipinski definition) is 9. The molecule has 1 aromatic carbocycles. The molecule has 7 nitrogen and oxygen atoms in total. The van der Waals surface area contributed by atoms with Crippen LogP contribution in [-0.4, -0.2) is 66.5 Å². The molecule has 0 saturated carbocycles. The van der Waals surface area contributed by atoms with Gasteiger partial charge in [-0.3, -0.25) is 0 Å². The summed E-state index contributed by atoms with van der Waals surface area (Å²) in [7, 11) is 3.57. The van der Waals surface area contributed by atoms with Crippen LogP contribution in [0.25, 0.3) is 20.8 Å². The van der Waals surface area contributed by atoms with Crippen molar-refractivity contribution < 1.29 is 22.1 Å². The van der Waals surface area contributed by atoms with Crippen molar-refractivity contribution in [1.29, 1.82) is 0 Å². The molecule has 180 valence electrons. The zero-order chi connectivity index (χ0) is 23.8. The van der Waals surface area contributed by atoms with E-state index in [-0.39, 0.29) is 33.2 Å². The molecular weight excluding hydrogens is 480 g/mol. The topological polar surface area (TPSA) is 92.2 Å². The maximum atomic E-state index is 14.6. The Bertz CT molecular complexity index is 1100. The lowest BCUT2D eigenvalue weighted by molar-refractivity contribution is -0.0327. The highest BCUT2D eigenvalue weighted by molar-refractivity contribution is 8.00. The van der Waals surface area contributed by atoms with E-state index in [1.54, 1.807) is 25.2 Å². The molecule has 33 heavy (non-hydrogen) atoms. The molecule has 1 aliphatic rings. The van der Waals surface area contributed by atoms with Crippen LogP contribution in [0, 0.1) is 0 Å². The fourth-order valence-corrected chi connectivity index (χ4v) is 5.89. The summed E-state index contributed by atoms with van der Waals surface area (Å²) in [5.74, 6) is 0.169. The molecule has 3 atom stereocenters. The first-order valence-electron chi connectivity index (χ1n) is 10.3. The van der Waals surface area contributed by atoms with E-state index in [1.807, 2.05) is 11.9 Å². The SMILES string of the molecule is CNC[C@@H](N)c1nc(-c2sc3c(N[C@@H]4CCN(C)C[C@@H]4F)cccc3c2SC(F)(F)F)no1. The van der Waals surface area contributed by atoms with Gasteiger partial charge in [-0.1, -0.05) is 17.3 Å². The second kappa shape index (κ2) is 9.74. The minimum absolute atomic E-state index is 0.0131. The standard InChI is InChI=1S/C20H24F4N6OS2/c1-26-8-12(25)19-28-18(29-31-19)17-16(33-20(22,23)24)10-4-3-5-14(15(10)32-17)27-13-6-7-30(2)9-11(13)21/h3-5,11-13,26-27H,6-9,25H2,1-2H3/t11-,12+,13+/m0/s1. The van der Waals surface area contributed by atoms with Crippen molar-refractivity contribution in [2.24, 2.45) is 5.73 Å². The molecule has 4 rings (SSSR count). The third kappa shape index (κ3) is 5.43. The Morgan fingerprint density at radius 3 is 2.88 bits per heavy atom. The van der Waals surface area contributed by atoms with E-state index < -0.39 is 23.8 Å². The normalized spacial score (nSPS) is 20.9. The van der Waals surface area contributed by atoms with Crippen LogP contribution in [0.1, 0.15) is 18.4 Å². The van der Waals surface area contributed by atoms with Crippen LogP contribution in [0.4, 0.5) is 23.2 Å². The highest BCUT2D eigenvalue weighted by Crippen LogP contribution is 2.50. The van der Waals surface area contributed by atoms with Gasteiger partial charge in [0.15, 0.2) is 0 Å². The number of alkyl halides is 4. The Balaban J connectivity index is 1.75. The minimum atomic E-state index is -4.51. The van der Waals surface area contributed by atoms with Crippen molar-refractivity contribution in [3.05, 3.63) is 24.1 Å². The molecule has 1 saturated heterocycles. The number of rotatable bonds is 7. The summed E-state index contributed by atoms with van der Waals surface area (Å²) in [5, 5.41) is 10.4. The van der Waals surface area contributed by atoms with Gasteiger partial charge in [-0.15, -0.1) is 11.3 Å². The van der Waals surface area contributed by atoms with Gasteiger partial charge in [0.1, 0.15) is 6.17 Å². The molecule has 0 aliphatic carbocycles. The van der Waals surface area contributed by atoms with Gasteiger partial charge < -0.3 is 25.8 Å². The highest BCUT2D eigenvalue weighted by Gasteiger charge is 2.35. The Hall–Kier alpha value is -1.93. The molecule has 0 unspecified atom stereocenters. The number of fused-ring (bicyclic) bond motifs is 1. The zero-order valence-electron chi connectivity index (χ0n) is 17.9. The van der Waals surface area contributed by atoms with E-state index in [9.17, 15) is 17.6 Å². The van der Waals surface area contributed by atoms with Gasteiger partial charge >= 0.3 is 5.51 Å². The number of thioether (sulfide) groups is 1. The lowest BCUT2D eigenvalue weighted by atomic mass is 10.0. The summed E-state index contributed by atoms with van der Waals surface area (Å²) < 4.78 is 60.7. The van der Waals surface area contributed by atoms with Crippen LogP contribution >= 0.6 is 23.1 Å². The molecule has 0 spiro atoms. The van der Waals surface area contributed by atoms with Gasteiger partial charge in [0.2, 0.25) is 11.7 Å². The van der Waals surface area contributed by atoms with Gasteiger partial charge in [-0.05, 0) is 38.3 Å². The summed E-state index contributed by atoms with van der Waals surface area (Å²) in [6.45, 7) is 1.40. The molecular formula is C20H24F4N6OS2. The number of thiophene rings is 1. The van der Waals surface area contributed by atoms with E-state index in [2.05, 4.69) is 20.8 Å². The first kappa shape index (κ1) is 24.2. The number of likely N-dealkylation sites (tertiary alicyclic amines) is 1. The summed E-state index contributed by atoms with van der Waals surface area (Å²) >= 11 is 0.894. The third-order valence-electron chi connectivity index (χ3n) is 5.36. The molecule has 3 aromatic rings. The number of benzene rings is 1. The predicted molar refractivity (Wildman–Crippen MR) is 122 cm³/mol. The van der Waals surface area contributed by atoms with Crippen LogP contribution in [0.15, 0.2) is 27.6 Å². The van der Waals surface area contributed by atoms with Crippen molar-refractivity contribution in [2.45, 2.75) is 35.1 Å². The van der Waals surface area contributed by atoms with E-state index in [0.717, 1.165) is 17.9 Å². The van der Waals surface area contributed by atoms with E-state index in [1.165, 1.54) is 0 Å². The fraction of sp³-hybridized carbons (Fsp3) is 0.500. The maximum absolute atomic E-state index is 14.6. The molecule has 1 aliphatic heterocycles. The molecule has 0 amide bonds. The monoisotopic (exact) mass is 504 g/mol. The molecule has 1 fully saturated rings. The van der Waals surface area contributed by atoms with Gasteiger partial charge in [-0.25, -0.2) is 4.39 Å². The fourth-order valence-electron chi connectivity index (χ4n) is 3.78. The van der Waals surface area contributed by atoms with Crippen molar-refractivity contribution in [3.63, 3.8) is 0 Å². The quantitative estimate of drug-likeness (QED) is 0.325. The zero-order valence-corrected chi connectivity index (χ0v) is 19.6. The number of piperidine rings is 1. The average molecular weight is 505 g/mol. The van der Waals surface area contributed by atoms with Crippen LogP contribution < -0.4 is 16.4 Å². The van der Waals surface area contributed by atoms with Gasteiger partial charge in [0.25, 0.3) is 0 Å². The number of halogens is 4. The van der Waals surface area contributed by atoms with Crippen molar-refractivity contribution >= 4 is 38.9 Å². The van der Waals surface area contributed by atoms with Crippen molar-refractivity contribution in [3.8, 4) is 10.7 Å². The smallest absolute Gasteiger partial charge is 0.378 e. The van der Waals surface area contributed by atoms with Gasteiger partial charge in [-0.2, -0.15) is 18.2 Å². The Morgan fingerprint density at radius 1 is 1.39 bits per heavy atom. The molecule has 0 radical (unpaired) electrons. The lowest BCUT2D eigenvalue weighted by Crippen LogP contribution is -2.46. The average Bonchev–Trinajstić information content (AvgIpc) is 3.35. The van der Waals surface area contributed by atoms with Crippen LogP contribution in [0.2, 0.25) is 0 Å². The third-order valence-corrected chi connectivity index (χ3v) is 7.58. The number of nitrogens with zero attached hydrogens (tertiary/aromatic N) is 3. The predicted octanol–water partition coefficient (Wildman–Crippen LogP) is 4.24. The highest BCUT2D eigenvalue weighted by atomic mass is 32.2. The number of aromatic nitrogens is 2. The Kier molecular flexibility index (Phi) is 7.15. The summed E-state index contributed by atoms with van der Waals surface area (Å²) in [5.41, 5.74) is 2.04. The molecule has 4 N–H and O–H groups in total.